The topological polar surface area (TPSA) is 66.6 Å². The summed E-state index contributed by atoms with van der Waals surface area (Å²) in [5.41, 5.74) is 6.79. The molecule has 146 valence electrons. The van der Waals surface area contributed by atoms with Crippen molar-refractivity contribution >= 4 is 24.2 Å². The summed E-state index contributed by atoms with van der Waals surface area (Å²) in [6, 6.07) is 10.1. The van der Waals surface area contributed by atoms with Crippen LogP contribution in [-0.4, -0.2) is 47.8 Å². The summed E-state index contributed by atoms with van der Waals surface area (Å²) < 4.78 is 0. The van der Waals surface area contributed by atoms with E-state index in [0.29, 0.717) is 32.7 Å². The molecule has 1 heterocycles. The minimum atomic E-state index is 0. The van der Waals surface area contributed by atoms with Crippen LogP contribution in [0.2, 0.25) is 0 Å². The van der Waals surface area contributed by atoms with Gasteiger partial charge < -0.3 is 15.5 Å². The van der Waals surface area contributed by atoms with Gasteiger partial charge in [0.15, 0.2) is 0 Å². The zero-order valence-corrected chi connectivity index (χ0v) is 16.7. The normalized spacial score (nSPS) is 14.8. The maximum atomic E-state index is 13.0. The number of nitrogens with zero attached hydrogens (tertiary/aromatic N) is 2. The van der Waals surface area contributed by atoms with Crippen LogP contribution >= 0.6 is 12.4 Å². The fraction of sp³-hybridized carbons (Fsp3) is 0.600. The van der Waals surface area contributed by atoms with Gasteiger partial charge in [0.2, 0.25) is 11.8 Å². The second-order valence-corrected chi connectivity index (χ2v) is 7.14. The van der Waals surface area contributed by atoms with E-state index in [9.17, 15) is 9.59 Å². The predicted octanol–water partition coefficient (Wildman–Crippen LogP) is 2.68. The van der Waals surface area contributed by atoms with Crippen molar-refractivity contribution in [3.8, 4) is 0 Å². The van der Waals surface area contributed by atoms with E-state index in [4.69, 9.17) is 5.73 Å². The molecular formula is C20H32ClN3O2. The van der Waals surface area contributed by atoms with Gasteiger partial charge in [-0.05, 0) is 31.4 Å². The van der Waals surface area contributed by atoms with Gasteiger partial charge in [0.25, 0.3) is 0 Å². The van der Waals surface area contributed by atoms with Gasteiger partial charge in [0.1, 0.15) is 0 Å². The molecule has 2 N–H and O–H groups in total. The van der Waals surface area contributed by atoms with Crippen LogP contribution in [0.25, 0.3) is 0 Å². The van der Waals surface area contributed by atoms with Crippen molar-refractivity contribution in [3.63, 3.8) is 0 Å². The molecule has 0 saturated carbocycles. The Hall–Kier alpha value is -1.59. The molecule has 0 atom stereocenters. The maximum Gasteiger partial charge on any atom is 0.226 e. The minimum Gasteiger partial charge on any atom is -0.342 e. The van der Waals surface area contributed by atoms with Gasteiger partial charge in [-0.2, -0.15) is 0 Å². The monoisotopic (exact) mass is 381 g/mol. The van der Waals surface area contributed by atoms with E-state index in [1.54, 1.807) is 0 Å². The Balaban J connectivity index is 0.00000338. The van der Waals surface area contributed by atoms with Crippen LogP contribution in [0.1, 0.15) is 38.7 Å². The van der Waals surface area contributed by atoms with Crippen LogP contribution in [0.15, 0.2) is 30.3 Å². The highest BCUT2D eigenvalue weighted by molar-refractivity contribution is 5.85. The fourth-order valence-corrected chi connectivity index (χ4v) is 3.32. The van der Waals surface area contributed by atoms with Crippen molar-refractivity contribution in [3.05, 3.63) is 35.9 Å². The van der Waals surface area contributed by atoms with Crippen LogP contribution in [0.5, 0.6) is 0 Å². The van der Waals surface area contributed by atoms with Gasteiger partial charge in [-0.1, -0.05) is 44.2 Å². The van der Waals surface area contributed by atoms with E-state index >= 15 is 0 Å². The lowest BCUT2D eigenvalue weighted by Crippen LogP contribution is -2.45. The van der Waals surface area contributed by atoms with Gasteiger partial charge in [-0.3, -0.25) is 9.59 Å². The smallest absolute Gasteiger partial charge is 0.226 e. The first kappa shape index (κ1) is 22.5. The van der Waals surface area contributed by atoms with Gasteiger partial charge in [-0.15, -0.1) is 12.4 Å². The number of hydrogen-bond donors (Lipinski definition) is 1. The standard InChI is InChI=1S/C20H31N3O2.ClH/c1-16(2)19(24)22-13-9-18(10-14-22)20(25)23(12-6-11-21)15-17-7-4-3-5-8-17;/h3-5,7-8,16,18H,6,9-15,21H2,1-2H3;1H. The second kappa shape index (κ2) is 11.2. The van der Waals surface area contributed by atoms with Crippen LogP contribution < -0.4 is 5.73 Å². The number of amides is 2. The summed E-state index contributed by atoms with van der Waals surface area (Å²) >= 11 is 0. The highest BCUT2D eigenvalue weighted by atomic mass is 35.5. The van der Waals surface area contributed by atoms with Crippen LogP contribution in [0.3, 0.4) is 0 Å². The Labute approximate surface area is 163 Å². The summed E-state index contributed by atoms with van der Waals surface area (Å²) in [6.07, 6.45) is 2.32. The first-order valence-electron chi connectivity index (χ1n) is 9.34. The van der Waals surface area contributed by atoms with Gasteiger partial charge in [0.05, 0.1) is 0 Å². The van der Waals surface area contributed by atoms with Gasteiger partial charge in [0, 0.05) is 38.0 Å². The van der Waals surface area contributed by atoms with Crippen molar-refractivity contribution in [2.75, 3.05) is 26.2 Å². The molecular weight excluding hydrogens is 350 g/mol. The number of benzene rings is 1. The molecule has 0 spiro atoms. The average molecular weight is 382 g/mol. The van der Waals surface area contributed by atoms with Crippen molar-refractivity contribution in [2.45, 2.75) is 39.7 Å². The molecule has 0 bridgehead atoms. The van der Waals surface area contributed by atoms with E-state index in [1.165, 1.54) is 0 Å². The molecule has 1 aliphatic rings. The van der Waals surface area contributed by atoms with Crippen molar-refractivity contribution in [2.24, 2.45) is 17.6 Å². The van der Waals surface area contributed by atoms with E-state index in [2.05, 4.69) is 0 Å². The maximum absolute atomic E-state index is 13.0. The second-order valence-electron chi connectivity index (χ2n) is 7.14. The molecule has 0 aromatic heterocycles. The Morgan fingerprint density at radius 3 is 2.35 bits per heavy atom. The summed E-state index contributed by atoms with van der Waals surface area (Å²) in [4.78, 5) is 28.9. The molecule has 2 rings (SSSR count). The van der Waals surface area contributed by atoms with E-state index in [1.807, 2.05) is 54.0 Å². The molecule has 1 saturated heterocycles. The molecule has 26 heavy (non-hydrogen) atoms. The largest absolute Gasteiger partial charge is 0.342 e. The summed E-state index contributed by atoms with van der Waals surface area (Å²) in [7, 11) is 0. The van der Waals surface area contributed by atoms with Crippen molar-refractivity contribution in [1.82, 2.24) is 9.80 Å². The number of carbonyl (C=O) groups excluding carboxylic acids is 2. The fourth-order valence-electron chi connectivity index (χ4n) is 3.32. The van der Waals surface area contributed by atoms with Crippen LogP contribution in [0, 0.1) is 11.8 Å². The van der Waals surface area contributed by atoms with Crippen LogP contribution in [-0.2, 0) is 16.1 Å². The molecule has 0 unspecified atom stereocenters. The minimum absolute atomic E-state index is 0. The van der Waals surface area contributed by atoms with E-state index in [0.717, 1.165) is 24.8 Å². The first-order valence-corrected chi connectivity index (χ1v) is 9.34. The number of piperidine rings is 1. The molecule has 0 radical (unpaired) electrons. The lowest BCUT2D eigenvalue weighted by atomic mass is 9.94. The molecule has 1 fully saturated rings. The van der Waals surface area contributed by atoms with E-state index in [-0.39, 0.29) is 36.1 Å². The zero-order valence-electron chi connectivity index (χ0n) is 15.9. The van der Waals surface area contributed by atoms with Crippen LogP contribution in [0.4, 0.5) is 0 Å². The average Bonchev–Trinajstić information content (AvgIpc) is 2.64. The van der Waals surface area contributed by atoms with Gasteiger partial charge in [-0.25, -0.2) is 0 Å². The predicted molar refractivity (Wildman–Crippen MR) is 107 cm³/mol. The Bertz CT molecular complexity index is 557. The number of nitrogens with two attached hydrogens (primary N) is 1. The molecule has 6 heteroatoms. The molecule has 1 aromatic carbocycles. The third kappa shape index (κ3) is 6.29. The van der Waals surface area contributed by atoms with Gasteiger partial charge >= 0.3 is 0 Å². The van der Waals surface area contributed by atoms with Crippen molar-refractivity contribution < 1.29 is 9.59 Å². The molecule has 0 aliphatic carbocycles. The number of likely N-dealkylation sites (tertiary alicyclic amines) is 1. The summed E-state index contributed by atoms with van der Waals surface area (Å²) in [5, 5.41) is 0. The summed E-state index contributed by atoms with van der Waals surface area (Å²) in [6.45, 7) is 7.12. The SMILES string of the molecule is CC(C)C(=O)N1CCC(C(=O)N(CCCN)Cc2ccccc2)CC1.Cl. The Morgan fingerprint density at radius 2 is 1.81 bits per heavy atom. The quantitative estimate of drug-likeness (QED) is 0.789. The van der Waals surface area contributed by atoms with Crippen molar-refractivity contribution in [1.29, 1.82) is 0 Å². The highest BCUT2D eigenvalue weighted by Crippen LogP contribution is 2.22. The molecule has 1 aromatic rings. The number of halogens is 1. The lowest BCUT2D eigenvalue weighted by molar-refractivity contribution is -0.142. The zero-order chi connectivity index (χ0) is 18.2. The Morgan fingerprint density at radius 1 is 1.19 bits per heavy atom. The molecule has 1 aliphatic heterocycles. The number of rotatable bonds is 7. The highest BCUT2D eigenvalue weighted by Gasteiger charge is 2.30. The third-order valence-electron chi connectivity index (χ3n) is 4.81. The lowest BCUT2D eigenvalue weighted by Gasteiger charge is -2.35. The third-order valence-corrected chi connectivity index (χ3v) is 4.81. The Kier molecular flexibility index (Phi) is 9.66. The first-order chi connectivity index (χ1) is 12.0. The number of hydrogen-bond acceptors (Lipinski definition) is 3. The van der Waals surface area contributed by atoms with E-state index < -0.39 is 0 Å². The number of carbonyl (C=O) groups is 2. The molecule has 2 amide bonds. The summed E-state index contributed by atoms with van der Waals surface area (Å²) in [5.74, 6) is 0.424. The molecule has 5 nitrogen and oxygen atoms in total.